The highest BCUT2D eigenvalue weighted by atomic mass is 15.1. The Kier molecular flexibility index (Phi) is 2.87. The summed E-state index contributed by atoms with van der Waals surface area (Å²) in [6, 6.07) is 1.16. The van der Waals surface area contributed by atoms with Crippen molar-refractivity contribution in [2.45, 2.75) is 51.7 Å². The minimum atomic E-state index is 0.515. The van der Waals surface area contributed by atoms with Crippen molar-refractivity contribution in [2.24, 2.45) is 0 Å². The van der Waals surface area contributed by atoms with E-state index in [1.54, 1.807) is 0 Å². The lowest BCUT2D eigenvalue weighted by Gasteiger charge is -2.29. The lowest BCUT2D eigenvalue weighted by molar-refractivity contribution is 0.330. The second-order valence-electron chi connectivity index (χ2n) is 4.16. The Bertz CT molecular complexity index is 292. The van der Waals surface area contributed by atoms with E-state index < -0.39 is 0 Å². The number of hydrogen-bond acceptors (Lipinski definition) is 2. The maximum Gasteiger partial charge on any atom is 0.0948 e. The van der Waals surface area contributed by atoms with Crippen molar-refractivity contribution in [3.8, 4) is 0 Å². The fourth-order valence-corrected chi connectivity index (χ4v) is 2.26. The van der Waals surface area contributed by atoms with Gasteiger partial charge in [-0.05, 0) is 33.1 Å². The third-order valence-corrected chi connectivity index (χ3v) is 3.06. The van der Waals surface area contributed by atoms with Crippen LogP contribution in [0.25, 0.3) is 0 Å². The molecule has 1 N–H and O–H groups in total. The van der Waals surface area contributed by atoms with E-state index in [1.807, 2.05) is 12.5 Å². The Hall–Kier alpha value is -0.830. The van der Waals surface area contributed by atoms with Crippen LogP contribution in [0.4, 0.5) is 0 Å². The van der Waals surface area contributed by atoms with Gasteiger partial charge in [-0.25, -0.2) is 4.98 Å². The lowest BCUT2D eigenvalue weighted by atomic mass is 9.98. The SMILES string of the molecule is CCn1cncc1C1CCCC(C)N1. The van der Waals surface area contributed by atoms with E-state index in [0.29, 0.717) is 12.1 Å². The highest BCUT2D eigenvalue weighted by molar-refractivity contribution is 5.06. The molecule has 1 saturated heterocycles. The summed E-state index contributed by atoms with van der Waals surface area (Å²) in [4.78, 5) is 4.22. The summed E-state index contributed by atoms with van der Waals surface area (Å²) in [5.41, 5.74) is 1.35. The summed E-state index contributed by atoms with van der Waals surface area (Å²) in [6.07, 6.45) is 7.80. The Morgan fingerprint density at radius 2 is 2.43 bits per heavy atom. The average molecular weight is 193 g/mol. The predicted octanol–water partition coefficient (Wildman–Crippen LogP) is 2.11. The molecule has 2 atom stereocenters. The molecule has 1 aromatic heterocycles. The molecule has 78 valence electrons. The number of hydrogen-bond donors (Lipinski definition) is 1. The minimum absolute atomic E-state index is 0.515. The molecule has 0 spiro atoms. The number of aryl methyl sites for hydroxylation is 1. The van der Waals surface area contributed by atoms with Gasteiger partial charge in [-0.15, -0.1) is 0 Å². The number of aromatic nitrogens is 2. The van der Waals surface area contributed by atoms with Crippen LogP contribution in [0.3, 0.4) is 0 Å². The maximum atomic E-state index is 4.22. The summed E-state index contributed by atoms with van der Waals surface area (Å²) in [6.45, 7) is 5.44. The summed E-state index contributed by atoms with van der Waals surface area (Å²) < 4.78 is 2.23. The molecule has 2 heterocycles. The fraction of sp³-hybridized carbons (Fsp3) is 0.727. The normalized spacial score (nSPS) is 27.9. The highest BCUT2D eigenvalue weighted by Crippen LogP contribution is 2.24. The number of rotatable bonds is 2. The van der Waals surface area contributed by atoms with Crippen molar-refractivity contribution >= 4 is 0 Å². The first-order chi connectivity index (χ1) is 6.81. The van der Waals surface area contributed by atoms with E-state index in [2.05, 4.69) is 28.7 Å². The molecular weight excluding hydrogens is 174 g/mol. The van der Waals surface area contributed by atoms with Crippen LogP contribution < -0.4 is 5.32 Å². The number of nitrogens with zero attached hydrogens (tertiary/aromatic N) is 2. The van der Waals surface area contributed by atoms with Gasteiger partial charge in [0.2, 0.25) is 0 Å². The standard InChI is InChI=1S/C11H19N3/c1-3-14-8-12-7-11(14)10-6-4-5-9(2)13-10/h7-10,13H,3-6H2,1-2H3. The Labute approximate surface area is 85.5 Å². The van der Waals surface area contributed by atoms with Gasteiger partial charge in [-0.1, -0.05) is 0 Å². The lowest BCUT2D eigenvalue weighted by Crippen LogP contribution is -2.35. The molecule has 1 fully saturated rings. The fourth-order valence-electron chi connectivity index (χ4n) is 2.26. The van der Waals surface area contributed by atoms with Gasteiger partial charge in [0.25, 0.3) is 0 Å². The van der Waals surface area contributed by atoms with Crippen LogP contribution in [0.5, 0.6) is 0 Å². The maximum absolute atomic E-state index is 4.22. The van der Waals surface area contributed by atoms with Crippen LogP contribution >= 0.6 is 0 Å². The van der Waals surface area contributed by atoms with Gasteiger partial charge in [0.05, 0.1) is 12.0 Å². The molecule has 0 radical (unpaired) electrons. The van der Waals surface area contributed by atoms with Crippen LogP contribution in [0, 0.1) is 0 Å². The monoisotopic (exact) mass is 193 g/mol. The van der Waals surface area contributed by atoms with Gasteiger partial charge >= 0.3 is 0 Å². The summed E-state index contributed by atoms with van der Waals surface area (Å²) >= 11 is 0. The molecule has 1 aliphatic rings. The molecule has 0 amide bonds. The Balaban J connectivity index is 2.13. The van der Waals surface area contributed by atoms with Crippen molar-refractivity contribution in [1.29, 1.82) is 0 Å². The van der Waals surface area contributed by atoms with Crippen LogP contribution in [0.1, 0.15) is 44.8 Å². The zero-order valence-corrected chi connectivity index (χ0v) is 9.03. The second-order valence-corrected chi connectivity index (χ2v) is 4.16. The van der Waals surface area contributed by atoms with E-state index in [4.69, 9.17) is 0 Å². The summed E-state index contributed by atoms with van der Waals surface area (Å²) in [7, 11) is 0. The van der Waals surface area contributed by atoms with Crippen LogP contribution in [0.15, 0.2) is 12.5 Å². The first kappa shape index (κ1) is 9.71. The van der Waals surface area contributed by atoms with E-state index in [0.717, 1.165) is 6.54 Å². The topological polar surface area (TPSA) is 29.9 Å². The zero-order valence-electron chi connectivity index (χ0n) is 9.03. The third kappa shape index (κ3) is 1.82. The number of imidazole rings is 1. The molecule has 1 aliphatic heterocycles. The van der Waals surface area contributed by atoms with Crippen LogP contribution in [-0.4, -0.2) is 15.6 Å². The Morgan fingerprint density at radius 3 is 3.14 bits per heavy atom. The van der Waals surface area contributed by atoms with E-state index in [1.165, 1.54) is 25.0 Å². The molecule has 2 rings (SSSR count). The van der Waals surface area contributed by atoms with Crippen molar-refractivity contribution in [3.05, 3.63) is 18.2 Å². The smallest absolute Gasteiger partial charge is 0.0948 e. The molecule has 0 saturated carbocycles. The quantitative estimate of drug-likeness (QED) is 0.779. The van der Waals surface area contributed by atoms with Crippen LogP contribution in [0.2, 0.25) is 0 Å². The molecule has 3 heteroatoms. The zero-order chi connectivity index (χ0) is 9.97. The first-order valence-electron chi connectivity index (χ1n) is 5.57. The van der Waals surface area contributed by atoms with Gasteiger partial charge < -0.3 is 9.88 Å². The molecule has 14 heavy (non-hydrogen) atoms. The van der Waals surface area contributed by atoms with Crippen LogP contribution in [-0.2, 0) is 6.54 Å². The van der Waals surface area contributed by atoms with Crippen molar-refractivity contribution in [2.75, 3.05) is 0 Å². The van der Waals surface area contributed by atoms with E-state index >= 15 is 0 Å². The van der Waals surface area contributed by atoms with Gasteiger partial charge in [-0.2, -0.15) is 0 Å². The highest BCUT2D eigenvalue weighted by Gasteiger charge is 2.21. The first-order valence-corrected chi connectivity index (χ1v) is 5.57. The molecule has 0 bridgehead atoms. The molecule has 3 nitrogen and oxygen atoms in total. The second kappa shape index (κ2) is 4.13. The van der Waals surface area contributed by atoms with Crippen molar-refractivity contribution < 1.29 is 0 Å². The van der Waals surface area contributed by atoms with E-state index in [9.17, 15) is 0 Å². The van der Waals surface area contributed by atoms with E-state index in [-0.39, 0.29) is 0 Å². The third-order valence-electron chi connectivity index (χ3n) is 3.06. The van der Waals surface area contributed by atoms with Gasteiger partial charge in [0.1, 0.15) is 0 Å². The average Bonchev–Trinajstić information content (AvgIpc) is 2.65. The van der Waals surface area contributed by atoms with Crippen molar-refractivity contribution in [3.63, 3.8) is 0 Å². The molecule has 0 aromatic carbocycles. The predicted molar refractivity (Wildman–Crippen MR) is 57.1 cm³/mol. The van der Waals surface area contributed by atoms with Gasteiger partial charge in [0.15, 0.2) is 0 Å². The molecule has 0 aliphatic carbocycles. The molecule has 1 aromatic rings. The summed E-state index contributed by atoms with van der Waals surface area (Å²) in [5, 5.41) is 3.63. The number of nitrogens with one attached hydrogen (secondary N) is 1. The minimum Gasteiger partial charge on any atom is -0.333 e. The molecule has 2 unspecified atom stereocenters. The van der Waals surface area contributed by atoms with Gasteiger partial charge in [-0.3, -0.25) is 0 Å². The van der Waals surface area contributed by atoms with Crippen molar-refractivity contribution in [1.82, 2.24) is 14.9 Å². The molecular formula is C11H19N3. The Morgan fingerprint density at radius 1 is 1.57 bits per heavy atom. The summed E-state index contributed by atoms with van der Waals surface area (Å²) in [5.74, 6) is 0. The number of piperidine rings is 1. The van der Waals surface area contributed by atoms with Gasteiger partial charge in [0, 0.05) is 24.8 Å². The largest absolute Gasteiger partial charge is 0.333 e.